The molecule has 1 aromatic rings. The number of thioether (sulfide) groups is 1. The minimum Gasteiger partial charge on any atom is -0.480 e. The molecule has 110 valence electrons. The van der Waals surface area contributed by atoms with E-state index in [4.69, 9.17) is 0 Å². The van der Waals surface area contributed by atoms with Crippen LogP contribution in [-0.4, -0.2) is 50.7 Å². The zero-order chi connectivity index (χ0) is 14.5. The molecule has 2 unspecified atom stereocenters. The van der Waals surface area contributed by atoms with Gasteiger partial charge in [0.05, 0.1) is 10.4 Å². The van der Waals surface area contributed by atoms with E-state index in [-0.39, 0.29) is 11.4 Å². The molecule has 1 fully saturated rings. The molecule has 2 amide bonds. The number of rotatable bonds is 5. The number of carbonyl (C=O) groups is 2. The first-order valence-corrected chi connectivity index (χ1v) is 8.35. The van der Waals surface area contributed by atoms with Gasteiger partial charge in [0.2, 0.25) is 0 Å². The van der Waals surface area contributed by atoms with Crippen LogP contribution in [0, 0.1) is 0 Å². The van der Waals surface area contributed by atoms with Gasteiger partial charge in [-0.05, 0) is 6.42 Å². The molecule has 0 spiro atoms. The zero-order valence-electron chi connectivity index (χ0n) is 11.1. The van der Waals surface area contributed by atoms with E-state index in [1.807, 2.05) is 12.3 Å². The summed E-state index contributed by atoms with van der Waals surface area (Å²) in [6.45, 7) is 2.42. The van der Waals surface area contributed by atoms with E-state index in [0.717, 1.165) is 11.4 Å². The molecule has 0 bridgehead atoms. The highest BCUT2D eigenvalue weighted by atomic mass is 32.2. The first-order chi connectivity index (χ1) is 9.63. The second-order valence-corrected chi connectivity index (χ2v) is 6.56. The van der Waals surface area contributed by atoms with Gasteiger partial charge in [-0.1, -0.05) is 6.92 Å². The quantitative estimate of drug-likeness (QED) is 0.863. The molecule has 0 saturated carbocycles. The van der Waals surface area contributed by atoms with Gasteiger partial charge in [0.25, 0.3) is 0 Å². The largest absolute Gasteiger partial charge is 0.480 e. The molecule has 8 heteroatoms. The molecule has 1 aromatic heterocycles. The predicted octanol–water partition coefficient (Wildman–Crippen LogP) is 1.63. The van der Waals surface area contributed by atoms with Crippen LogP contribution in [0.3, 0.4) is 0 Å². The second kappa shape index (κ2) is 6.94. The van der Waals surface area contributed by atoms with Crippen LogP contribution in [0.25, 0.3) is 0 Å². The molecule has 2 N–H and O–H groups in total. The van der Waals surface area contributed by atoms with Crippen LogP contribution in [0.4, 0.5) is 4.79 Å². The summed E-state index contributed by atoms with van der Waals surface area (Å²) in [4.78, 5) is 29.0. The van der Waals surface area contributed by atoms with E-state index in [0.29, 0.717) is 18.7 Å². The van der Waals surface area contributed by atoms with Gasteiger partial charge in [0.15, 0.2) is 0 Å². The number of hydrogen-bond acceptors (Lipinski definition) is 5. The number of nitrogens with zero attached hydrogens (tertiary/aromatic N) is 2. The molecular weight excluding hydrogens is 298 g/mol. The number of hydrogen-bond donors (Lipinski definition) is 2. The Morgan fingerprint density at radius 1 is 1.60 bits per heavy atom. The van der Waals surface area contributed by atoms with Crippen molar-refractivity contribution in [1.29, 1.82) is 0 Å². The summed E-state index contributed by atoms with van der Waals surface area (Å²) in [5, 5.41) is 14.8. The van der Waals surface area contributed by atoms with Gasteiger partial charge < -0.3 is 10.4 Å². The third kappa shape index (κ3) is 3.43. The van der Waals surface area contributed by atoms with Gasteiger partial charge in [0.1, 0.15) is 6.04 Å². The molecule has 0 aliphatic carbocycles. The Labute approximate surface area is 125 Å². The number of urea groups is 1. The van der Waals surface area contributed by atoms with Crippen LogP contribution in [0.5, 0.6) is 0 Å². The Hall–Kier alpha value is -1.28. The van der Waals surface area contributed by atoms with E-state index < -0.39 is 12.0 Å². The Kier molecular flexibility index (Phi) is 5.24. The average Bonchev–Trinajstić information content (AvgIpc) is 3.07. The lowest BCUT2D eigenvalue weighted by molar-refractivity contribution is -0.141. The maximum atomic E-state index is 12.2. The van der Waals surface area contributed by atoms with E-state index >= 15 is 0 Å². The van der Waals surface area contributed by atoms with Crippen LogP contribution in [0.2, 0.25) is 0 Å². The summed E-state index contributed by atoms with van der Waals surface area (Å²) in [5.41, 5.74) is 0. The number of thiazole rings is 1. The molecule has 2 heterocycles. The van der Waals surface area contributed by atoms with Crippen molar-refractivity contribution in [2.45, 2.75) is 31.2 Å². The lowest BCUT2D eigenvalue weighted by atomic mass is 10.3. The summed E-state index contributed by atoms with van der Waals surface area (Å²) in [7, 11) is 0. The van der Waals surface area contributed by atoms with Crippen molar-refractivity contribution in [1.82, 2.24) is 15.2 Å². The Balaban J connectivity index is 1.90. The normalized spacial score (nSPS) is 21.9. The van der Waals surface area contributed by atoms with Gasteiger partial charge >= 0.3 is 12.0 Å². The summed E-state index contributed by atoms with van der Waals surface area (Å²) < 4.78 is 0. The number of amides is 2. The third-order valence-electron chi connectivity index (χ3n) is 3.06. The lowest BCUT2D eigenvalue weighted by Gasteiger charge is -2.26. The average molecular weight is 315 g/mol. The number of aliphatic carboxylic acids is 1. The molecule has 2 atom stereocenters. The van der Waals surface area contributed by atoms with Crippen LogP contribution >= 0.6 is 23.1 Å². The summed E-state index contributed by atoms with van der Waals surface area (Å²) in [5.74, 6) is -0.489. The fourth-order valence-electron chi connectivity index (χ4n) is 2.08. The molecule has 1 aliphatic heterocycles. The van der Waals surface area contributed by atoms with Crippen LogP contribution in [-0.2, 0) is 11.2 Å². The molecule has 0 radical (unpaired) electrons. The molecular formula is C12H17N3O3S2. The molecule has 6 nitrogen and oxygen atoms in total. The van der Waals surface area contributed by atoms with Crippen molar-refractivity contribution in [3.8, 4) is 0 Å². The highest BCUT2D eigenvalue weighted by Crippen LogP contribution is 2.31. The SMILES string of the molecule is CCC1SCC(C(=O)O)N1C(=O)NCCc1nccs1. The van der Waals surface area contributed by atoms with Crippen molar-refractivity contribution in [2.24, 2.45) is 0 Å². The van der Waals surface area contributed by atoms with Gasteiger partial charge in [-0.2, -0.15) is 0 Å². The summed E-state index contributed by atoms with van der Waals surface area (Å²) in [6, 6.07) is -1.03. The molecule has 1 saturated heterocycles. The first kappa shape index (κ1) is 15.1. The molecule has 1 aliphatic rings. The Morgan fingerprint density at radius 2 is 2.40 bits per heavy atom. The highest BCUT2D eigenvalue weighted by Gasteiger charge is 2.40. The van der Waals surface area contributed by atoms with Crippen LogP contribution < -0.4 is 5.32 Å². The fourth-order valence-corrected chi connectivity index (χ4v) is 4.05. The zero-order valence-corrected chi connectivity index (χ0v) is 12.7. The van der Waals surface area contributed by atoms with Crippen LogP contribution in [0.1, 0.15) is 18.4 Å². The molecule has 0 aromatic carbocycles. The number of nitrogens with one attached hydrogen (secondary N) is 1. The second-order valence-electron chi connectivity index (χ2n) is 4.37. The van der Waals surface area contributed by atoms with E-state index in [2.05, 4.69) is 10.3 Å². The van der Waals surface area contributed by atoms with Gasteiger partial charge in [0, 0.05) is 30.3 Å². The Bertz CT molecular complexity index is 467. The summed E-state index contributed by atoms with van der Waals surface area (Å²) >= 11 is 3.06. The summed E-state index contributed by atoms with van der Waals surface area (Å²) in [6.07, 6.45) is 3.14. The van der Waals surface area contributed by atoms with Gasteiger partial charge in [-0.25, -0.2) is 14.6 Å². The monoisotopic (exact) mass is 315 g/mol. The van der Waals surface area contributed by atoms with Crippen molar-refractivity contribution < 1.29 is 14.7 Å². The topological polar surface area (TPSA) is 82.5 Å². The van der Waals surface area contributed by atoms with Crippen molar-refractivity contribution in [2.75, 3.05) is 12.3 Å². The lowest BCUT2D eigenvalue weighted by Crippen LogP contribution is -2.50. The smallest absolute Gasteiger partial charge is 0.327 e. The Morgan fingerprint density at radius 3 is 3.00 bits per heavy atom. The van der Waals surface area contributed by atoms with Crippen molar-refractivity contribution >= 4 is 35.1 Å². The third-order valence-corrected chi connectivity index (χ3v) is 5.35. The molecule has 2 rings (SSSR count). The minimum absolute atomic E-state index is 0.0593. The number of carboxylic acids is 1. The fraction of sp³-hybridized carbons (Fsp3) is 0.583. The van der Waals surface area contributed by atoms with Crippen molar-refractivity contribution in [3.63, 3.8) is 0 Å². The van der Waals surface area contributed by atoms with E-state index in [1.54, 1.807) is 17.5 Å². The van der Waals surface area contributed by atoms with Gasteiger partial charge in [-0.15, -0.1) is 23.1 Å². The number of carboxylic acid groups (broad SMARTS) is 1. The number of aromatic nitrogens is 1. The minimum atomic E-state index is -0.941. The van der Waals surface area contributed by atoms with Crippen LogP contribution in [0.15, 0.2) is 11.6 Å². The van der Waals surface area contributed by atoms with Gasteiger partial charge in [-0.3, -0.25) is 4.90 Å². The standard InChI is InChI=1S/C12H17N3O3S2/c1-2-10-15(8(7-20-10)11(16)17)12(18)14-4-3-9-13-5-6-19-9/h5-6,8,10H,2-4,7H2,1H3,(H,14,18)(H,16,17). The maximum absolute atomic E-state index is 12.2. The number of carbonyl (C=O) groups excluding carboxylic acids is 1. The van der Waals surface area contributed by atoms with E-state index in [9.17, 15) is 14.7 Å². The first-order valence-electron chi connectivity index (χ1n) is 6.42. The molecule has 20 heavy (non-hydrogen) atoms. The van der Waals surface area contributed by atoms with E-state index in [1.165, 1.54) is 16.7 Å². The predicted molar refractivity (Wildman–Crippen MR) is 79.0 cm³/mol. The maximum Gasteiger partial charge on any atom is 0.327 e. The van der Waals surface area contributed by atoms with Crippen molar-refractivity contribution in [3.05, 3.63) is 16.6 Å². The highest BCUT2D eigenvalue weighted by molar-refractivity contribution is 8.00.